The van der Waals surface area contributed by atoms with E-state index in [-0.39, 0.29) is 30.9 Å². The number of aliphatic hydroxyl groups excluding tert-OH is 2. The Bertz CT molecular complexity index is 831. The number of rotatable bonds is 8. The quantitative estimate of drug-likeness (QED) is 0.477. The molecule has 0 aromatic heterocycles. The molecule has 0 saturated heterocycles. The second-order valence-electron chi connectivity index (χ2n) is 8.49. The van der Waals surface area contributed by atoms with Gasteiger partial charge in [0, 0.05) is 12.3 Å². The average molecular weight is 421 g/mol. The van der Waals surface area contributed by atoms with Gasteiger partial charge in [0.25, 0.3) is 0 Å². The number of hydrogen-bond donors (Lipinski definition) is 4. The lowest BCUT2D eigenvalue weighted by atomic mass is 9.83. The normalized spacial score (nSPS) is 28.8. The fourth-order valence-electron chi connectivity index (χ4n) is 5.11. The van der Waals surface area contributed by atoms with Crippen molar-refractivity contribution in [1.82, 2.24) is 0 Å². The number of allylic oxidation sites excluding steroid dienone is 1. The largest absolute Gasteiger partial charge is 0.509 e. The fourth-order valence-corrected chi connectivity index (χ4v) is 5.11. The van der Waals surface area contributed by atoms with E-state index in [0.717, 1.165) is 36.0 Å². The third-order valence-corrected chi connectivity index (χ3v) is 6.54. The Morgan fingerprint density at radius 1 is 1.17 bits per heavy atom. The lowest BCUT2D eigenvalue weighted by molar-refractivity contribution is -0.138. The van der Waals surface area contributed by atoms with Crippen LogP contribution in [-0.4, -0.2) is 52.3 Å². The maximum Gasteiger partial charge on any atom is 0.303 e. The van der Waals surface area contributed by atoms with Crippen LogP contribution in [0.25, 0.3) is 0 Å². The highest BCUT2D eigenvalue weighted by atomic mass is 16.5. The lowest BCUT2D eigenvalue weighted by Crippen LogP contribution is -2.30. The molecule has 166 valence electrons. The van der Waals surface area contributed by atoms with E-state index >= 15 is 0 Å². The first-order valence-corrected chi connectivity index (χ1v) is 10.5. The maximum atomic E-state index is 11.2. The van der Waals surface area contributed by atoms with Crippen LogP contribution in [0.4, 0.5) is 0 Å². The van der Waals surface area contributed by atoms with Crippen LogP contribution in [0.3, 0.4) is 0 Å². The number of benzene rings is 1. The van der Waals surface area contributed by atoms with E-state index in [2.05, 4.69) is 0 Å². The predicted octanol–water partition coefficient (Wildman–Crippen LogP) is 3.32. The highest BCUT2D eigenvalue weighted by Crippen LogP contribution is 2.48. The minimum absolute atomic E-state index is 0.0328. The highest BCUT2D eigenvalue weighted by Gasteiger charge is 2.48. The molecule has 2 aliphatic rings. The van der Waals surface area contributed by atoms with Gasteiger partial charge in [0.05, 0.1) is 26.7 Å². The van der Waals surface area contributed by atoms with E-state index in [9.17, 15) is 20.1 Å². The second kappa shape index (κ2) is 8.86. The van der Waals surface area contributed by atoms with Crippen molar-refractivity contribution in [3.63, 3.8) is 0 Å². The van der Waals surface area contributed by atoms with Crippen LogP contribution in [0.15, 0.2) is 23.5 Å². The summed E-state index contributed by atoms with van der Waals surface area (Å²) >= 11 is 0. The van der Waals surface area contributed by atoms with Crippen molar-refractivity contribution in [3.8, 4) is 11.5 Å². The molecule has 1 aromatic rings. The van der Waals surface area contributed by atoms with Crippen LogP contribution in [0, 0.1) is 5.92 Å². The number of ether oxygens (including phenoxy) is 2. The van der Waals surface area contributed by atoms with Crippen molar-refractivity contribution in [2.24, 2.45) is 5.92 Å². The van der Waals surface area contributed by atoms with Crippen LogP contribution in [-0.2, 0) is 11.2 Å². The highest BCUT2D eigenvalue weighted by molar-refractivity contribution is 5.67. The molecule has 0 aliphatic heterocycles. The summed E-state index contributed by atoms with van der Waals surface area (Å²) in [6.45, 7) is 2.01. The topological polar surface area (TPSA) is 116 Å². The Hall–Kier alpha value is -2.25. The molecule has 0 bridgehead atoms. The number of hydrogen-bond acceptors (Lipinski definition) is 6. The smallest absolute Gasteiger partial charge is 0.303 e. The Morgan fingerprint density at radius 3 is 2.43 bits per heavy atom. The van der Waals surface area contributed by atoms with Crippen molar-refractivity contribution in [2.75, 3.05) is 14.2 Å². The number of carbonyl (C=O) groups is 1. The van der Waals surface area contributed by atoms with Crippen molar-refractivity contribution in [1.29, 1.82) is 0 Å². The van der Waals surface area contributed by atoms with Gasteiger partial charge in [-0.1, -0.05) is 13.3 Å². The first-order valence-electron chi connectivity index (χ1n) is 10.5. The molecular formula is C23H32O7. The second-order valence-corrected chi connectivity index (χ2v) is 8.49. The number of fused-ring (bicyclic) bond motifs is 1. The summed E-state index contributed by atoms with van der Waals surface area (Å²) in [5.41, 5.74) is 1.32. The minimum Gasteiger partial charge on any atom is -0.509 e. The van der Waals surface area contributed by atoms with Gasteiger partial charge in [0.15, 0.2) is 11.5 Å². The first-order chi connectivity index (χ1) is 14.2. The Kier molecular flexibility index (Phi) is 6.62. The van der Waals surface area contributed by atoms with E-state index in [1.54, 1.807) is 14.2 Å². The third kappa shape index (κ3) is 4.14. The molecule has 3 rings (SSSR count). The molecule has 1 unspecified atom stereocenters. The lowest BCUT2D eigenvalue weighted by Gasteiger charge is -2.28. The Labute approximate surface area is 176 Å². The molecule has 1 fully saturated rings. The number of carboxylic acids is 1. The molecule has 7 nitrogen and oxygen atoms in total. The first kappa shape index (κ1) is 22.4. The van der Waals surface area contributed by atoms with Gasteiger partial charge in [0.1, 0.15) is 11.4 Å². The molecule has 0 radical (unpaired) electrons. The fraction of sp³-hybridized carbons (Fsp3) is 0.609. The Morgan fingerprint density at radius 2 is 1.83 bits per heavy atom. The molecule has 1 saturated carbocycles. The van der Waals surface area contributed by atoms with Crippen molar-refractivity contribution in [3.05, 3.63) is 34.6 Å². The number of aliphatic carboxylic acids is 1. The molecule has 0 heterocycles. The maximum absolute atomic E-state index is 11.2. The van der Waals surface area contributed by atoms with Gasteiger partial charge in [-0.25, -0.2) is 0 Å². The summed E-state index contributed by atoms with van der Waals surface area (Å²) in [6.07, 6.45) is 1.79. The van der Waals surface area contributed by atoms with Gasteiger partial charge in [0.2, 0.25) is 0 Å². The number of methoxy groups -OCH3 is 2. The summed E-state index contributed by atoms with van der Waals surface area (Å²) in [4.78, 5) is 11.1. The zero-order valence-corrected chi connectivity index (χ0v) is 17.9. The van der Waals surface area contributed by atoms with Crippen LogP contribution >= 0.6 is 0 Å². The van der Waals surface area contributed by atoms with Gasteiger partial charge in [-0.2, -0.15) is 0 Å². The SMILES string of the molecule is CCCC(=C(O)[C@]1(O)C[C@H](CC(=O)O)[C@H](O)C1)C1CCc2cc(OC)c(OC)cc21. The predicted molar refractivity (Wildman–Crippen MR) is 111 cm³/mol. The van der Waals surface area contributed by atoms with Crippen LogP contribution in [0.5, 0.6) is 11.5 Å². The summed E-state index contributed by atoms with van der Waals surface area (Å²) in [5.74, 6) is -0.501. The van der Waals surface area contributed by atoms with Crippen LogP contribution in [0.1, 0.15) is 62.5 Å². The number of aliphatic hydroxyl groups is 3. The number of carboxylic acid groups (broad SMARTS) is 1. The zero-order valence-electron chi connectivity index (χ0n) is 17.9. The summed E-state index contributed by atoms with van der Waals surface area (Å²) < 4.78 is 10.9. The molecule has 30 heavy (non-hydrogen) atoms. The van der Waals surface area contributed by atoms with Crippen LogP contribution < -0.4 is 9.47 Å². The molecule has 1 aromatic carbocycles. The summed E-state index contributed by atoms with van der Waals surface area (Å²) in [5, 5.41) is 41.8. The van der Waals surface area contributed by atoms with E-state index in [0.29, 0.717) is 17.9 Å². The molecule has 7 heteroatoms. The Balaban J connectivity index is 1.99. The summed E-state index contributed by atoms with van der Waals surface area (Å²) in [6, 6.07) is 3.90. The van der Waals surface area contributed by atoms with Gasteiger partial charge in [-0.15, -0.1) is 0 Å². The number of aryl methyl sites for hydroxylation is 1. The van der Waals surface area contributed by atoms with E-state index in [4.69, 9.17) is 14.6 Å². The standard InChI is InChI=1S/C23H32O7/c1-4-5-16(22(27)23(28)11-14(9-21(25)26)18(24)12-23)15-7-6-13-8-19(29-2)20(30-3)10-17(13)15/h8,10,14-15,18,24,27-28H,4-7,9,11-12H2,1-3H3,(H,25,26)/t14-,15?,18+,23-/m0/s1. The average Bonchev–Trinajstić information content (AvgIpc) is 3.24. The molecular weight excluding hydrogens is 388 g/mol. The third-order valence-electron chi connectivity index (χ3n) is 6.54. The van der Waals surface area contributed by atoms with E-state index in [1.165, 1.54) is 0 Å². The molecule has 4 atom stereocenters. The van der Waals surface area contributed by atoms with Crippen molar-refractivity contribution in [2.45, 2.75) is 69.5 Å². The van der Waals surface area contributed by atoms with E-state index < -0.39 is 23.6 Å². The van der Waals surface area contributed by atoms with Gasteiger partial charge in [-0.05, 0) is 60.4 Å². The van der Waals surface area contributed by atoms with Gasteiger partial charge < -0.3 is 29.9 Å². The summed E-state index contributed by atoms with van der Waals surface area (Å²) in [7, 11) is 3.18. The zero-order chi connectivity index (χ0) is 22.1. The molecule has 4 N–H and O–H groups in total. The van der Waals surface area contributed by atoms with Crippen LogP contribution in [0.2, 0.25) is 0 Å². The van der Waals surface area contributed by atoms with Crippen molar-refractivity contribution < 1.29 is 34.7 Å². The molecule has 0 amide bonds. The monoisotopic (exact) mass is 420 g/mol. The van der Waals surface area contributed by atoms with Gasteiger partial charge >= 0.3 is 5.97 Å². The van der Waals surface area contributed by atoms with Gasteiger partial charge in [-0.3, -0.25) is 4.79 Å². The van der Waals surface area contributed by atoms with E-state index in [1.807, 2.05) is 19.1 Å². The van der Waals surface area contributed by atoms with Crippen molar-refractivity contribution >= 4 is 5.97 Å². The minimum atomic E-state index is -1.61. The molecule has 2 aliphatic carbocycles. The molecule has 0 spiro atoms.